The molecule has 1 aliphatic rings. The summed E-state index contributed by atoms with van der Waals surface area (Å²) in [5.41, 5.74) is 0.596. The van der Waals surface area contributed by atoms with Gasteiger partial charge in [0.1, 0.15) is 11.5 Å². The standard InChI is InChI=1S/C17H18O4/c1-20-15-8-4-12(5-9-15)16(19)10-6-13-3-7-14(18)11-17(13)21-2/h3-11,13,17-18H,1-2H3. The second kappa shape index (κ2) is 6.90. The van der Waals surface area contributed by atoms with Gasteiger partial charge < -0.3 is 14.6 Å². The van der Waals surface area contributed by atoms with E-state index in [4.69, 9.17) is 9.47 Å². The predicted octanol–water partition coefficient (Wildman–Crippen LogP) is 3.08. The largest absolute Gasteiger partial charge is 0.508 e. The summed E-state index contributed by atoms with van der Waals surface area (Å²) < 4.78 is 10.3. The molecule has 0 fully saturated rings. The third-order valence-corrected chi connectivity index (χ3v) is 3.32. The van der Waals surface area contributed by atoms with Crippen molar-refractivity contribution >= 4 is 5.78 Å². The Hall–Kier alpha value is -2.33. The van der Waals surface area contributed by atoms with Gasteiger partial charge in [-0.1, -0.05) is 12.2 Å². The first-order chi connectivity index (χ1) is 10.1. The van der Waals surface area contributed by atoms with Gasteiger partial charge in [-0.15, -0.1) is 0 Å². The van der Waals surface area contributed by atoms with Gasteiger partial charge in [-0.2, -0.15) is 0 Å². The molecular formula is C17H18O4. The minimum atomic E-state index is -0.269. The van der Waals surface area contributed by atoms with Gasteiger partial charge in [-0.25, -0.2) is 0 Å². The first-order valence-electron chi connectivity index (χ1n) is 6.62. The molecule has 0 heterocycles. The summed E-state index contributed by atoms with van der Waals surface area (Å²) in [6, 6.07) is 6.95. The Morgan fingerprint density at radius 3 is 2.57 bits per heavy atom. The molecule has 0 aromatic heterocycles. The molecule has 2 atom stereocenters. The minimum Gasteiger partial charge on any atom is -0.508 e. The van der Waals surface area contributed by atoms with Crippen LogP contribution in [0.1, 0.15) is 10.4 Å². The summed E-state index contributed by atoms with van der Waals surface area (Å²) in [7, 11) is 3.15. The maximum atomic E-state index is 12.1. The first-order valence-corrected chi connectivity index (χ1v) is 6.62. The van der Waals surface area contributed by atoms with Crippen molar-refractivity contribution in [2.24, 2.45) is 5.92 Å². The van der Waals surface area contributed by atoms with Crippen LogP contribution in [0.15, 0.2) is 60.4 Å². The van der Waals surface area contributed by atoms with Crippen molar-refractivity contribution in [1.82, 2.24) is 0 Å². The lowest BCUT2D eigenvalue weighted by Crippen LogP contribution is -2.20. The maximum Gasteiger partial charge on any atom is 0.185 e. The number of rotatable bonds is 5. The summed E-state index contributed by atoms with van der Waals surface area (Å²) in [4.78, 5) is 12.1. The van der Waals surface area contributed by atoms with Crippen LogP contribution >= 0.6 is 0 Å². The minimum absolute atomic E-state index is 0.0758. The number of benzene rings is 1. The van der Waals surface area contributed by atoms with Crippen LogP contribution in [0.3, 0.4) is 0 Å². The summed E-state index contributed by atoms with van der Waals surface area (Å²) in [5, 5.41) is 9.42. The molecular weight excluding hydrogens is 268 g/mol. The van der Waals surface area contributed by atoms with Gasteiger partial charge in [0, 0.05) is 18.6 Å². The van der Waals surface area contributed by atoms with Crippen LogP contribution in [0, 0.1) is 5.92 Å². The fraction of sp³-hybridized carbons (Fsp3) is 0.235. The number of allylic oxidation sites excluding steroid dienone is 2. The summed E-state index contributed by atoms with van der Waals surface area (Å²) in [6.07, 6.45) is 8.06. The lowest BCUT2D eigenvalue weighted by atomic mass is 9.95. The van der Waals surface area contributed by atoms with Gasteiger partial charge in [0.05, 0.1) is 13.2 Å². The van der Waals surface area contributed by atoms with E-state index in [1.165, 1.54) is 6.08 Å². The van der Waals surface area contributed by atoms with Gasteiger partial charge in [0.25, 0.3) is 0 Å². The molecule has 0 bridgehead atoms. The third-order valence-electron chi connectivity index (χ3n) is 3.32. The third kappa shape index (κ3) is 3.83. The van der Waals surface area contributed by atoms with E-state index in [2.05, 4.69) is 0 Å². The highest BCUT2D eigenvalue weighted by atomic mass is 16.5. The quantitative estimate of drug-likeness (QED) is 0.667. The number of hydrogen-bond acceptors (Lipinski definition) is 4. The molecule has 0 radical (unpaired) electrons. The number of methoxy groups -OCH3 is 2. The topological polar surface area (TPSA) is 55.8 Å². The van der Waals surface area contributed by atoms with E-state index in [1.807, 2.05) is 0 Å². The molecule has 0 amide bonds. The van der Waals surface area contributed by atoms with E-state index < -0.39 is 0 Å². The molecule has 1 aromatic carbocycles. The van der Waals surface area contributed by atoms with Crippen LogP contribution in [0.4, 0.5) is 0 Å². The van der Waals surface area contributed by atoms with E-state index in [0.29, 0.717) is 11.3 Å². The Balaban J connectivity index is 2.06. The van der Waals surface area contributed by atoms with Crippen molar-refractivity contribution in [3.8, 4) is 5.75 Å². The Kier molecular flexibility index (Phi) is 4.95. The average molecular weight is 286 g/mol. The smallest absolute Gasteiger partial charge is 0.185 e. The van der Waals surface area contributed by atoms with Crippen molar-refractivity contribution in [3.63, 3.8) is 0 Å². The first kappa shape index (κ1) is 15.1. The molecule has 2 unspecified atom stereocenters. The van der Waals surface area contributed by atoms with E-state index in [9.17, 15) is 9.90 Å². The fourth-order valence-corrected chi connectivity index (χ4v) is 2.10. The van der Waals surface area contributed by atoms with Crippen molar-refractivity contribution in [2.75, 3.05) is 14.2 Å². The predicted molar refractivity (Wildman–Crippen MR) is 80.6 cm³/mol. The van der Waals surface area contributed by atoms with E-state index >= 15 is 0 Å². The summed E-state index contributed by atoms with van der Waals surface area (Å²) >= 11 is 0. The van der Waals surface area contributed by atoms with E-state index in [1.54, 1.807) is 62.8 Å². The van der Waals surface area contributed by atoms with Gasteiger partial charge in [-0.3, -0.25) is 4.79 Å². The number of ketones is 1. The Bertz CT molecular complexity index is 581. The molecule has 21 heavy (non-hydrogen) atoms. The number of carbonyl (C=O) groups is 1. The highest BCUT2D eigenvalue weighted by Crippen LogP contribution is 2.20. The second-order valence-corrected chi connectivity index (χ2v) is 4.68. The Labute approximate surface area is 124 Å². The molecule has 4 nitrogen and oxygen atoms in total. The number of aliphatic hydroxyl groups excluding tert-OH is 1. The zero-order valence-corrected chi connectivity index (χ0v) is 12.0. The number of hydrogen-bond donors (Lipinski definition) is 1. The number of ether oxygens (including phenoxy) is 2. The molecule has 0 saturated carbocycles. The van der Waals surface area contributed by atoms with Crippen molar-refractivity contribution < 1.29 is 19.4 Å². The fourth-order valence-electron chi connectivity index (χ4n) is 2.10. The van der Waals surface area contributed by atoms with Crippen LogP contribution in [-0.4, -0.2) is 31.2 Å². The van der Waals surface area contributed by atoms with Gasteiger partial charge in [0.2, 0.25) is 0 Å². The Morgan fingerprint density at radius 2 is 1.95 bits per heavy atom. The van der Waals surface area contributed by atoms with Crippen molar-refractivity contribution in [2.45, 2.75) is 6.10 Å². The van der Waals surface area contributed by atoms with Crippen LogP contribution in [-0.2, 0) is 4.74 Å². The van der Waals surface area contributed by atoms with Gasteiger partial charge in [0.15, 0.2) is 5.78 Å². The summed E-state index contributed by atoms with van der Waals surface area (Å²) in [5.74, 6) is 0.728. The lowest BCUT2D eigenvalue weighted by molar-refractivity contribution is 0.104. The second-order valence-electron chi connectivity index (χ2n) is 4.68. The molecule has 0 aliphatic heterocycles. The Morgan fingerprint density at radius 1 is 1.24 bits per heavy atom. The highest BCUT2D eigenvalue weighted by molar-refractivity contribution is 6.04. The zero-order valence-electron chi connectivity index (χ0n) is 12.0. The highest BCUT2D eigenvalue weighted by Gasteiger charge is 2.18. The van der Waals surface area contributed by atoms with Crippen molar-refractivity contribution in [3.05, 3.63) is 66.0 Å². The molecule has 1 aliphatic carbocycles. The molecule has 110 valence electrons. The lowest BCUT2D eigenvalue weighted by Gasteiger charge is -2.20. The molecule has 2 rings (SSSR count). The van der Waals surface area contributed by atoms with Crippen LogP contribution < -0.4 is 4.74 Å². The number of carbonyl (C=O) groups excluding carboxylic acids is 1. The molecule has 0 spiro atoms. The number of aliphatic hydroxyl groups is 1. The van der Waals surface area contributed by atoms with E-state index in [-0.39, 0.29) is 23.6 Å². The summed E-state index contributed by atoms with van der Waals surface area (Å²) in [6.45, 7) is 0. The maximum absolute atomic E-state index is 12.1. The van der Waals surface area contributed by atoms with Crippen LogP contribution in [0.25, 0.3) is 0 Å². The molecule has 4 heteroatoms. The molecule has 1 aromatic rings. The monoisotopic (exact) mass is 286 g/mol. The molecule has 0 saturated heterocycles. The normalized spacial score (nSPS) is 21.3. The van der Waals surface area contributed by atoms with Crippen molar-refractivity contribution in [1.29, 1.82) is 0 Å². The molecule has 1 N–H and O–H groups in total. The van der Waals surface area contributed by atoms with Crippen LogP contribution in [0.5, 0.6) is 5.75 Å². The van der Waals surface area contributed by atoms with Crippen LogP contribution in [0.2, 0.25) is 0 Å². The average Bonchev–Trinajstić information content (AvgIpc) is 2.53. The van der Waals surface area contributed by atoms with E-state index in [0.717, 1.165) is 0 Å². The van der Waals surface area contributed by atoms with Gasteiger partial charge >= 0.3 is 0 Å². The zero-order chi connectivity index (χ0) is 15.2. The SMILES string of the molecule is COc1ccc(C(=O)C=CC2C=CC(O)=CC2OC)cc1. The van der Waals surface area contributed by atoms with Gasteiger partial charge in [-0.05, 0) is 42.5 Å².